The van der Waals surface area contributed by atoms with Crippen molar-refractivity contribution in [1.82, 2.24) is 4.98 Å². The number of carbonyl (C=O) groups excluding carboxylic acids is 1. The lowest BCUT2D eigenvalue weighted by Crippen LogP contribution is -2.14. The molecule has 0 aliphatic heterocycles. The first-order chi connectivity index (χ1) is 8.58. The van der Waals surface area contributed by atoms with Crippen LogP contribution < -0.4 is 5.32 Å². The average Bonchev–Trinajstić information content (AvgIpc) is 2.35. The highest BCUT2D eigenvalue weighted by Gasteiger charge is 2.14. The molecule has 0 bridgehead atoms. The minimum absolute atomic E-state index is 0.0332. The lowest BCUT2D eigenvalue weighted by atomic mass is 10.2. The maximum atomic E-state index is 13.7. The normalized spacial score (nSPS) is 10.2. The first-order valence-corrected chi connectivity index (χ1v) is 6.53. The second kappa shape index (κ2) is 5.58. The Balaban J connectivity index is 2.22. The lowest BCUT2D eigenvalue weighted by molar-refractivity contribution is 0.102. The largest absolute Gasteiger partial charge is 0.306 e. The summed E-state index contributed by atoms with van der Waals surface area (Å²) in [6, 6.07) is 7.90. The highest BCUT2D eigenvalue weighted by Crippen LogP contribution is 2.19. The van der Waals surface area contributed by atoms with Crippen molar-refractivity contribution in [3.8, 4) is 0 Å². The van der Waals surface area contributed by atoms with Crippen molar-refractivity contribution >= 4 is 43.6 Å². The minimum Gasteiger partial charge on any atom is -0.306 e. The topological polar surface area (TPSA) is 42.0 Å². The fourth-order valence-electron chi connectivity index (χ4n) is 1.31. The molecule has 92 valence electrons. The van der Waals surface area contributed by atoms with Crippen molar-refractivity contribution in [3.63, 3.8) is 0 Å². The van der Waals surface area contributed by atoms with E-state index in [1.165, 1.54) is 12.1 Å². The molecule has 0 unspecified atom stereocenters. The van der Waals surface area contributed by atoms with E-state index in [4.69, 9.17) is 0 Å². The SMILES string of the molecule is O=C(Nc1ccc(Br)cn1)c1cccc(Br)c1F. The quantitative estimate of drug-likeness (QED) is 0.864. The summed E-state index contributed by atoms with van der Waals surface area (Å²) in [5.41, 5.74) is -0.0332. The van der Waals surface area contributed by atoms with E-state index in [-0.39, 0.29) is 10.0 Å². The first kappa shape index (κ1) is 13.2. The number of benzene rings is 1. The Morgan fingerprint density at radius 1 is 1.22 bits per heavy atom. The van der Waals surface area contributed by atoms with E-state index >= 15 is 0 Å². The molecule has 0 spiro atoms. The van der Waals surface area contributed by atoms with E-state index in [0.29, 0.717) is 5.82 Å². The van der Waals surface area contributed by atoms with Gasteiger partial charge in [-0.15, -0.1) is 0 Å². The number of pyridine rings is 1. The van der Waals surface area contributed by atoms with Gasteiger partial charge in [-0.25, -0.2) is 9.37 Å². The van der Waals surface area contributed by atoms with E-state index < -0.39 is 11.7 Å². The van der Waals surface area contributed by atoms with E-state index in [9.17, 15) is 9.18 Å². The van der Waals surface area contributed by atoms with Gasteiger partial charge in [0.1, 0.15) is 11.6 Å². The Bertz CT molecular complexity index is 587. The Kier molecular flexibility index (Phi) is 4.08. The Morgan fingerprint density at radius 3 is 2.67 bits per heavy atom. The van der Waals surface area contributed by atoms with Crippen LogP contribution in [0.4, 0.5) is 10.2 Å². The van der Waals surface area contributed by atoms with Gasteiger partial charge in [0.2, 0.25) is 0 Å². The molecule has 0 saturated heterocycles. The van der Waals surface area contributed by atoms with Gasteiger partial charge >= 0.3 is 0 Å². The Labute approximate surface area is 120 Å². The zero-order valence-electron chi connectivity index (χ0n) is 8.95. The molecule has 0 atom stereocenters. The highest BCUT2D eigenvalue weighted by molar-refractivity contribution is 9.10. The van der Waals surface area contributed by atoms with Crippen molar-refractivity contribution in [2.24, 2.45) is 0 Å². The summed E-state index contributed by atoms with van der Waals surface area (Å²) < 4.78 is 14.7. The smallest absolute Gasteiger partial charge is 0.259 e. The lowest BCUT2D eigenvalue weighted by Gasteiger charge is -2.06. The summed E-state index contributed by atoms with van der Waals surface area (Å²) in [5, 5.41) is 2.52. The molecular formula is C12H7Br2FN2O. The third-order valence-electron chi connectivity index (χ3n) is 2.17. The zero-order chi connectivity index (χ0) is 13.1. The number of amides is 1. The van der Waals surface area contributed by atoms with Crippen molar-refractivity contribution < 1.29 is 9.18 Å². The fourth-order valence-corrected chi connectivity index (χ4v) is 1.91. The van der Waals surface area contributed by atoms with Crippen LogP contribution in [-0.2, 0) is 0 Å². The summed E-state index contributed by atoms with van der Waals surface area (Å²) in [4.78, 5) is 15.8. The molecule has 0 aliphatic carbocycles. The van der Waals surface area contributed by atoms with Crippen LogP contribution in [0.3, 0.4) is 0 Å². The summed E-state index contributed by atoms with van der Waals surface area (Å²) in [6.45, 7) is 0. The number of rotatable bonds is 2. The average molecular weight is 374 g/mol. The second-order valence-electron chi connectivity index (χ2n) is 3.42. The molecule has 1 amide bonds. The van der Waals surface area contributed by atoms with Gasteiger partial charge in [-0.2, -0.15) is 0 Å². The molecule has 2 rings (SSSR count). The van der Waals surface area contributed by atoms with E-state index in [1.54, 1.807) is 24.4 Å². The van der Waals surface area contributed by atoms with Crippen molar-refractivity contribution in [3.05, 3.63) is 56.9 Å². The molecule has 6 heteroatoms. The molecule has 2 aromatic rings. The Morgan fingerprint density at radius 2 is 2.00 bits per heavy atom. The number of hydrogen-bond acceptors (Lipinski definition) is 2. The van der Waals surface area contributed by atoms with Gasteiger partial charge in [0, 0.05) is 10.7 Å². The molecule has 1 aromatic heterocycles. The van der Waals surface area contributed by atoms with Crippen LogP contribution in [0.2, 0.25) is 0 Å². The summed E-state index contributed by atoms with van der Waals surface area (Å²) in [6.07, 6.45) is 1.55. The van der Waals surface area contributed by atoms with Gasteiger partial charge in [0.05, 0.1) is 10.0 Å². The van der Waals surface area contributed by atoms with Gasteiger partial charge in [-0.05, 0) is 56.1 Å². The van der Waals surface area contributed by atoms with Gasteiger partial charge in [-0.3, -0.25) is 4.79 Å². The standard InChI is InChI=1S/C12H7Br2FN2O/c13-7-4-5-10(16-6-7)17-12(18)8-2-1-3-9(14)11(8)15/h1-6H,(H,16,17,18). The number of carbonyl (C=O) groups is 1. The van der Waals surface area contributed by atoms with Crippen LogP contribution in [0.1, 0.15) is 10.4 Å². The number of halogens is 3. The molecule has 1 N–H and O–H groups in total. The molecule has 1 aromatic carbocycles. The molecule has 3 nitrogen and oxygen atoms in total. The monoisotopic (exact) mass is 372 g/mol. The number of nitrogens with one attached hydrogen (secondary N) is 1. The molecule has 1 heterocycles. The summed E-state index contributed by atoms with van der Waals surface area (Å²) in [5.74, 6) is -0.765. The van der Waals surface area contributed by atoms with Crippen LogP contribution in [0.25, 0.3) is 0 Å². The molecule has 0 saturated carbocycles. The molecule has 0 fully saturated rings. The van der Waals surface area contributed by atoms with E-state index in [0.717, 1.165) is 4.47 Å². The van der Waals surface area contributed by atoms with Crippen molar-refractivity contribution in [1.29, 1.82) is 0 Å². The zero-order valence-corrected chi connectivity index (χ0v) is 12.1. The van der Waals surface area contributed by atoms with Crippen LogP contribution in [0, 0.1) is 5.82 Å². The second-order valence-corrected chi connectivity index (χ2v) is 5.19. The molecular weight excluding hydrogens is 367 g/mol. The third-order valence-corrected chi connectivity index (χ3v) is 3.25. The number of hydrogen-bond donors (Lipinski definition) is 1. The van der Waals surface area contributed by atoms with E-state index in [1.807, 2.05) is 0 Å². The van der Waals surface area contributed by atoms with Gasteiger partial charge in [0.25, 0.3) is 5.91 Å². The highest BCUT2D eigenvalue weighted by atomic mass is 79.9. The van der Waals surface area contributed by atoms with E-state index in [2.05, 4.69) is 42.2 Å². The molecule has 0 aliphatic rings. The Hall–Kier alpha value is -1.27. The predicted molar refractivity (Wildman–Crippen MR) is 74.0 cm³/mol. The maximum Gasteiger partial charge on any atom is 0.259 e. The number of aromatic nitrogens is 1. The molecule has 18 heavy (non-hydrogen) atoms. The van der Waals surface area contributed by atoms with Gasteiger partial charge in [-0.1, -0.05) is 6.07 Å². The number of anilines is 1. The summed E-state index contributed by atoms with van der Waals surface area (Å²) >= 11 is 6.27. The summed E-state index contributed by atoms with van der Waals surface area (Å²) in [7, 11) is 0. The van der Waals surface area contributed by atoms with Crippen LogP contribution >= 0.6 is 31.9 Å². The number of nitrogens with zero attached hydrogens (tertiary/aromatic N) is 1. The van der Waals surface area contributed by atoms with Crippen molar-refractivity contribution in [2.75, 3.05) is 5.32 Å². The van der Waals surface area contributed by atoms with Crippen LogP contribution in [0.5, 0.6) is 0 Å². The first-order valence-electron chi connectivity index (χ1n) is 4.95. The maximum absolute atomic E-state index is 13.7. The van der Waals surface area contributed by atoms with Crippen LogP contribution in [-0.4, -0.2) is 10.9 Å². The third kappa shape index (κ3) is 2.94. The molecule has 0 radical (unpaired) electrons. The van der Waals surface area contributed by atoms with Gasteiger partial charge in [0.15, 0.2) is 0 Å². The van der Waals surface area contributed by atoms with Gasteiger partial charge < -0.3 is 5.32 Å². The fraction of sp³-hybridized carbons (Fsp3) is 0. The predicted octanol–water partition coefficient (Wildman–Crippen LogP) is 4.00. The van der Waals surface area contributed by atoms with Crippen LogP contribution in [0.15, 0.2) is 45.5 Å². The van der Waals surface area contributed by atoms with Crippen molar-refractivity contribution in [2.45, 2.75) is 0 Å². The minimum atomic E-state index is -0.591.